The van der Waals surface area contributed by atoms with Crippen molar-refractivity contribution in [1.29, 1.82) is 0 Å². The molecule has 2 N–H and O–H groups in total. The first-order valence-corrected chi connectivity index (χ1v) is 6.77. The number of aliphatic carboxylic acids is 1. The van der Waals surface area contributed by atoms with Gasteiger partial charge >= 0.3 is 12.0 Å². The lowest BCUT2D eigenvalue weighted by atomic mass is 10.1. The number of hydrogen-bond donors (Lipinski definition) is 2. The molecule has 1 fully saturated rings. The fraction of sp³-hybridized carbons (Fsp3) is 0.846. The third-order valence-corrected chi connectivity index (χ3v) is 3.58. The number of nitrogens with zero attached hydrogens (tertiary/aromatic N) is 1. The first kappa shape index (κ1) is 14.8. The summed E-state index contributed by atoms with van der Waals surface area (Å²) in [6.45, 7) is 6.15. The van der Waals surface area contributed by atoms with Gasteiger partial charge in [0.2, 0.25) is 0 Å². The van der Waals surface area contributed by atoms with E-state index in [9.17, 15) is 9.59 Å². The van der Waals surface area contributed by atoms with Crippen LogP contribution in [-0.4, -0.2) is 40.6 Å². The molecule has 1 aliphatic rings. The van der Waals surface area contributed by atoms with Crippen LogP contribution in [0.2, 0.25) is 0 Å². The molecule has 1 aliphatic carbocycles. The third-order valence-electron chi connectivity index (χ3n) is 3.58. The summed E-state index contributed by atoms with van der Waals surface area (Å²) in [5, 5.41) is 11.7. The van der Waals surface area contributed by atoms with Crippen molar-refractivity contribution in [3.8, 4) is 0 Å². The Labute approximate surface area is 109 Å². The molecule has 1 saturated carbocycles. The van der Waals surface area contributed by atoms with Gasteiger partial charge in [-0.15, -0.1) is 0 Å². The zero-order valence-corrected chi connectivity index (χ0v) is 11.5. The van der Waals surface area contributed by atoms with Crippen LogP contribution in [0.5, 0.6) is 0 Å². The Morgan fingerprint density at radius 3 is 2.28 bits per heavy atom. The van der Waals surface area contributed by atoms with Crippen molar-refractivity contribution >= 4 is 12.0 Å². The molecule has 0 spiro atoms. The number of carbonyl (C=O) groups excluding carboxylic acids is 1. The summed E-state index contributed by atoms with van der Waals surface area (Å²) < 4.78 is 0. The van der Waals surface area contributed by atoms with Crippen molar-refractivity contribution in [2.75, 3.05) is 6.54 Å². The molecule has 0 aromatic heterocycles. The Morgan fingerprint density at radius 2 is 1.89 bits per heavy atom. The van der Waals surface area contributed by atoms with Crippen molar-refractivity contribution in [2.24, 2.45) is 5.92 Å². The van der Waals surface area contributed by atoms with Crippen molar-refractivity contribution in [2.45, 2.75) is 58.5 Å². The van der Waals surface area contributed by atoms with E-state index in [-0.39, 0.29) is 18.0 Å². The van der Waals surface area contributed by atoms with Crippen LogP contribution < -0.4 is 5.32 Å². The van der Waals surface area contributed by atoms with Crippen LogP contribution in [0, 0.1) is 5.92 Å². The molecule has 18 heavy (non-hydrogen) atoms. The molecule has 2 amide bonds. The molecule has 0 bridgehead atoms. The topological polar surface area (TPSA) is 69.6 Å². The lowest BCUT2D eigenvalue weighted by molar-refractivity contribution is -0.140. The summed E-state index contributed by atoms with van der Waals surface area (Å²) in [7, 11) is 0. The van der Waals surface area contributed by atoms with Crippen molar-refractivity contribution in [3.05, 3.63) is 0 Å². The Balaban J connectivity index is 2.63. The number of carbonyl (C=O) groups is 2. The fourth-order valence-corrected chi connectivity index (χ4v) is 2.51. The minimum absolute atomic E-state index is 0.117. The number of rotatable bonds is 5. The van der Waals surface area contributed by atoms with Crippen molar-refractivity contribution in [1.82, 2.24) is 10.2 Å². The van der Waals surface area contributed by atoms with Gasteiger partial charge in [-0.25, -0.2) is 9.59 Å². The van der Waals surface area contributed by atoms with Gasteiger partial charge in [-0.3, -0.25) is 0 Å². The fourth-order valence-electron chi connectivity index (χ4n) is 2.51. The summed E-state index contributed by atoms with van der Waals surface area (Å²) >= 11 is 0. The van der Waals surface area contributed by atoms with Gasteiger partial charge in [-0.1, -0.05) is 26.7 Å². The standard InChI is InChI=1S/C13H24N2O3/c1-4-15(10-7-5-6-8-10)13(18)14-11(9(2)3)12(16)17/h9-11H,4-8H2,1-3H3,(H,14,18)(H,16,17). The predicted octanol–water partition coefficient (Wildman–Crippen LogP) is 2.07. The summed E-state index contributed by atoms with van der Waals surface area (Å²) in [5.41, 5.74) is 0. The average molecular weight is 256 g/mol. The van der Waals surface area contributed by atoms with Gasteiger partial charge < -0.3 is 15.3 Å². The lowest BCUT2D eigenvalue weighted by Crippen LogP contribution is -2.52. The minimum atomic E-state index is -0.971. The summed E-state index contributed by atoms with van der Waals surface area (Å²) in [5.74, 6) is -1.09. The average Bonchev–Trinajstić information content (AvgIpc) is 2.79. The van der Waals surface area contributed by atoms with Crippen LogP contribution >= 0.6 is 0 Å². The van der Waals surface area contributed by atoms with Gasteiger partial charge in [0.25, 0.3) is 0 Å². The molecule has 5 nitrogen and oxygen atoms in total. The SMILES string of the molecule is CCN(C(=O)NC(C(=O)O)C(C)C)C1CCCC1. The zero-order chi connectivity index (χ0) is 13.7. The molecule has 0 radical (unpaired) electrons. The molecular weight excluding hydrogens is 232 g/mol. The van der Waals surface area contributed by atoms with Crippen LogP contribution in [0.3, 0.4) is 0 Å². The van der Waals surface area contributed by atoms with Gasteiger partial charge in [0, 0.05) is 12.6 Å². The van der Waals surface area contributed by atoms with Crippen LogP contribution in [0.1, 0.15) is 46.5 Å². The molecule has 0 aliphatic heterocycles. The van der Waals surface area contributed by atoms with E-state index in [4.69, 9.17) is 5.11 Å². The highest BCUT2D eigenvalue weighted by Crippen LogP contribution is 2.23. The van der Waals surface area contributed by atoms with Gasteiger partial charge in [-0.2, -0.15) is 0 Å². The largest absolute Gasteiger partial charge is 0.480 e. The number of amides is 2. The van der Waals surface area contributed by atoms with E-state index >= 15 is 0 Å². The third kappa shape index (κ3) is 3.62. The Bertz CT molecular complexity index is 299. The van der Waals surface area contributed by atoms with E-state index in [1.165, 1.54) is 0 Å². The van der Waals surface area contributed by atoms with Crippen LogP contribution in [0.4, 0.5) is 4.79 Å². The van der Waals surface area contributed by atoms with E-state index in [2.05, 4.69) is 5.32 Å². The Hall–Kier alpha value is -1.26. The highest BCUT2D eigenvalue weighted by atomic mass is 16.4. The molecule has 1 unspecified atom stereocenters. The van der Waals surface area contributed by atoms with Gasteiger partial charge in [0.05, 0.1) is 0 Å². The lowest BCUT2D eigenvalue weighted by Gasteiger charge is -2.30. The second kappa shape index (κ2) is 6.61. The number of hydrogen-bond acceptors (Lipinski definition) is 2. The predicted molar refractivity (Wildman–Crippen MR) is 69.4 cm³/mol. The van der Waals surface area contributed by atoms with Crippen LogP contribution in [0.15, 0.2) is 0 Å². The smallest absolute Gasteiger partial charge is 0.326 e. The molecule has 0 saturated heterocycles. The highest BCUT2D eigenvalue weighted by Gasteiger charge is 2.29. The van der Waals surface area contributed by atoms with Crippen LogP contribution in [0.25, 0.3) is 0 Å². The van der Waals surface area contributed by atoms with E-state index in [0.717, 1.165) is 25.7 Å². The molecular formula is C13H24N2O3. The van der Waals surface area contributed by atoms with Gasteiger partial charge in [0.1, 0.15) is 6.04 Å². The molecule has 104 valence electrons. The normalized spacial score (nSPS) is 17.8. The van der Waals surface area contributed by atoms with E-state index in [1.54, 1.807) is 18.7 Å². The zero-order valence-electron chi connectivity index (χ0n) is 11.5. The second-order valence-corrected chi connectivity index (χ2v) is 5.23. The number of carboxylic acid groups (broad SMARTS) is 1. The van der Waals surface area contributed by atoms with Crippen molar-refractivity contribution < 1.29 is 14.7 Å². The number of nitrogens with one attached hydrogen (secondary N) is 1. The Kier molecular flexibility index (Phi) is 5.44. The first-order valence-electron chi connectivity index (χ1n) is 6.77. The highest BCUT2D eigenvalue weighted by molar-refractivity contribution is 5.82. The van der Waals surface area contributed by atoms with Crippen molar-refractivity contribution in [3.63, 3.8) is 0 Å². The van der Waals surface area contributed by atoms with E-state index in [0.29, 0.717) is 6.54 Å². The first-order chi connectivity index (χ1) is 8.47. The molecule has 5 heteroatoms. The molecule has 1 rings (SSSR count). The maximum atomic E-state index is 12.1. The van der Waals surface area contributed by atoms with E-state index < -0.39 is 12.0 Å². The molecule has 0 aromatic carbocycles. The maximum absolute atomic E-state index is 12.1. The molecule has 0 heterocycles. The monoisotopic (exact) mass is 256 g/mol. The minimum Gasteiger partial charge on any atom is -0.480 e. The summed E-state index contributed by atoms with van der Waals surface area (Å²) in [6, 6.07) is -0.782. The molecule has 0 aromatic rings. The number of carboxylic acids is 1. The van der Waals surface area contributed by atoms with Gasteiger partial charge in [-0.05, 0) is 25.7 Å². The Morgan fingerprint density at radius 1 is 1.33 bits per heavy atom. The van der Waals surface area contributed by atoms with Gasteiger partial charge in [0.15, 0.2) is 0 Å². The summed E-state index contributed by atoms with van der Waals surface area (Å²) in [4.78, 5) is 25.0. The number of urea groups is 1. The summed E-state index contributed by atoms with van der Waals surface area (Å²) in [6.07, 6.45) is 4.36. The second-order valence-electron chi connectivity index (χ2n) is 5.23. The maximum Gasteiger partial charge on any atom is 0.326 e. The van der Waals surface area contributed by atoms with Crippen LogP contribution in [-0.2, 0) is 4.79 Å². The van der Waals surface area contributed by atoms with E-state index in [1.807, 2.05) is 6.92 Å². The molecule has 1 atom stereocenters. The quantitative estimate of drug-likeness (QED) is 0.791.